The average Bonchev–Trinajstić information content (AvgIpc) is 2.80. The van der Waals surface area contributed by atoms with Crippen molar-refractivity contribution in [1.82, 2.24) is 14.6 Å². The van der Waals surface area contributed by atoms with Gasteiger partial charge in [0.2, 0.25) is 5.95 Å². The Bertz CT molecular complexity index is 749. The van der Waals surface area contributed by atoms with Crippen LogP contribution in [0, 0.1) is 5.95 Å². The number of aryl methyl sites for hydroxylation is 1. The van der Waals surface area contributed by atoms with Crippen LogP contribution in [-0.2, 0) is 6.42 Å². The summed E-state index contributed by atoms with van der Waals surface area (Å²) in [6.45, 7) is 2.07. The number of nitrogen functional groups attached to an aromatic ring is 1. The van der Waals surface area contributed by atoms with Gasteiger partial charge in [0.15, 0.2) is 11.5 Å². The van der Waals surface area contributed by atoms with E-state index in [0.717, 1.165) is 29.5 Å². The van der Waals surface area contributed by atoms with E-state index in [9.17, 15) is 4.39 Å². The van der Waals surface area contributed by atoms with Crippen LogP contribution in [0.1, 0.15) is 18.9 Å². The maximum Gasteiger partial charge on any atom is 0.233 e. The number of benzene rings is 1. The molecule has 0 aliphatic heterocycles. The van der Waals surface area contributed by atoms with E-state index in [0.29, 0.717) is 11.5 Å². The number of nitrogens with zero attached hydrogens (tertiary/aromatic N) is 3. The third-order valence-electron chi connectivity index (χ3n) is 3.26. The smallest absolute Gasteiger partial charge is 0.233 e. The molecule has 0 amide bonds. The number of rotatable bonds is 3. The summed E-state index contributed by atoms with van der Waals surface area (Å²) < 4.78 is 14.8. The van der Waals surface area contributed by atoms with Gasteiger partial charge in [-0.15, -0.1) is 5.10 Å². The van der Waals surface area contributed by atoms with Crippen LogP contribution >= 0.6 is 0 Å². The standard InChI is InChI=1S/C15H15FN4/c1-2-6-11-13(10-7-4-3-5-8-10)14(17)19-20-9-12(16)18-15(11)20/h3-5,7-9H,2,6H2,1H3,(H2,17,19). The van der Waals surface area contributed by atoms with Gasteiger partial charge < -0.3 is 5.73 Å². The van der Waals surface area contributed by atoms with Crippen LogP contribution in [0.3, 0.4) is 0 Å². The Balaban J connectivity index is 2.34. The maximum atomic E-state index is 13.4. The summed E-state index contributed by atoms with van der Waals surface area (Å²) in [4.78, 5) is 3.94. The van der Waals surface area contributed by atoms with Gasteiger partial charge in [0.1, 0.15) is 0 Å². The number of fused-ring (bicyclic) bond motifs is 1. The lowest BCUT2D eigenvalue weighted by atomic mass is 9.98. The van der Waals surface area contributed by atoms with Gasteiger partial charge >= 0.3 is 0 Å². The van der Waals surface area contributed by atoms with Crippen LogP contribution in [-0.4, -0.2) is 14.6 Å². The van der Waals surface area contributed by atoms with Crippen molar-refractivity contribution >= 4 is 11.5 Å². The second kappa shape index (κ2) is 4.92. The highest BCUT2D eigenvalue weighted by atomic mass is 19.1. The molecular weight excluding hydrogens is 255 g/mol. The van der Waals surface area contributed by atoms with Gasteiger partial charge in [-0.1, -0.05) is 43.7 Å². The highest BCUT2D eigenvalue weighted by molar-refractivity contribution is 5.81. The summed E-state index contributed by atoms with van der Waals surface area (Å²) in [5, 5.41) is 4.21. The van der Waals surface area contributed by atoms with Crippen molar-refractivity contribution in [3.8, 4) is 11.1 Å². The molecule has 0 bridgehead atoms. The van der Waals surface area contributed by atoms with E-state index in [1.165, 1.54) is 10.7 Å². The van der Waals surface area contributed by atoms with Crippen LogP contribution in [0.2, 0.25) is 0 Å². The molecule has 4 nitrogen and oxygen atoms in total. The summed E-state index contributed by atoms with van der Waals surface area (Å²) >= 11 is 0. The lowest BCUT2D eigenvalue weighted by molar-refractivity contribution is 0.591. The first-order valence-corrected chi connectivity index (χ1v) is 6.59. The molecule has 0 fully saturated rings. The third kappa shape index (κ3) is 2.01. The Morgan fingerprint density at radius 1 is 1.25 bits per heavy atom. The van der Waals surface area contributed by atoms with Gasteiger partial charge in [-0.2, -0.15) is 9.37 Å². The van der Waals surface area contributed by atoms with Gasteiger partial charge in [-0.05, 0) is 12.0 Å². The van der Waals surface area contributed by atoms with Crippen molar-refractivity contribution in [3.05, 3.63) is 48.0 Å². The highest BCUT2D eigenvalue weighted by Gasteiger charge is 2.17. The molecule has 5 heteroatoms. The van der Waals surface area contributed by atoms with Crippen LogP contribution in [0.4, 0.5) is 10.2 Å². The van der Waals surface area contributed by atoms with E-state index >= 15 is 0 Å². The molecule has 1 aromatic carbocycles. The minimum absolute atomic E-state index is 0.393. The van der Waals surface area contributed by atoms with Crippen molar-refractivity contribution < 1.29 is 4.39 Å². The first-order valence-electron chi connectivity index (χ1n) is 6.59. The van der Waals surface area contributed by atoms with Crippen LogP contribution < -0.4 is 5.73 Å². The zero-order chi connectivity index (χ0) is 14.1. The first-order chi connectivity index (χ1) is 9.70. The van der Waals surface area contributed by atoms with Crippen molar-refractivity contribution in [3.63, 3.8) is 0 Å². The van der Waals surface area contributed by atoms with Crippen molar-refractivity contribution in [2.24, 2.45) is 0 Å². The van der Waals surface area contributed by atoms with Gasteiger partial charge in [0, 0.05) is 11.1 Å². The topological polar surface area (TPSA) is 56.2 Å². The number of imidazole rings is 1. The molecule has 0 spiro atoms. The fourth-order valence-electron chi connectivity index (χ4n) is 2.47. The molecule has 3 aromatic rings. The summed E-state index contributed by atoms with van der Waals surface area (Å²) in [5.74, 6) is -0.149. The minimum Gasteiger partial charge on any atom is -0.382 e. The fraction of sp³-hybridized carbons (Fsp3) is 0.200. The summed E-state index contributed by atoms with van der Waals surface area (Å²) in [6.07, 6.45) is 2.95. The molecule has 0 saturated carbocycles. The normalized spacial score (nSPS) is 11.1. The van der Waals surface area contributed by atoms with Gasteiger partial charge in [-0.25, -0.2) is 4.52 Å². The lowest BCUT2D eigenvalue weighted by Gasteiger charge is -2.12. The van der Waals surface area contributed by atoms with Crippen molar-refractivity contribution in [2.45, 2.75) is 19.8 Å². The van der Waals surface area contributed by atoms with Gasteiger partial charge in [0.25, 0.3) is 0 Å². The molecule has 2 N–H and O–H groups in total. The molecule has 0 atom stereocenters. The molecule has 2 aromatic heterocycles. The Morgan fingerprint density at radius 3 is 2.70 bits per heavy atom. The molecule has 0 aliphatic carbocycles. The van der Waals surface area contributed by atoms with Crippen LogP contribution in [0.15, 0.2) is 36.5 Å². The largest absolute Gasteiger partial charge is 0.382 e. The molecule has 0 saturated heterocycles. The first kappa shape index (κ1) is 12.6. The van der Waals surface area contributed by atoms with E-state index in [1.807, 2.05) is 30.3 Å². The number of nitrogens with two attached hydrogens (primary N) is 1. The second-order valence-electron chi connectivity index (χ2n) is 4.69. The van der Waals surface area contributed by atoms with Crippen molar-refractivity contribution in [2.75, 3.05) is 5.73 Å². The number of halogens is 1. The molecule has 102 valence electrons. The van der Waals surface area contributed by atoms with Crippen molar-refractivity contribution in [1.29, 1.82) is 0 Å². The van der Waals surface area contributed by atoms with E-state index in [4.69, 9.17) is 5.73 Å². The average molecular weight is 270 g/mol. The van der Waals surface area contributed by atoms with Gasteiger partial charge in [0.05, 0.1) is 6.20 Å². The monoisotopic (exact) mass is 270 g/mol. The zero-order valence-corrected chi connectivity index (χ0v) is 11.2. The second-order valence-corrected chi connectivity index (χ2v) is 4.69. The van der Waals surface area contributed by atoms with E-state index in [1.54, 1.807) is 0 Å². The van der Waals surface area contributed by atoms with E-state index < -0.39 is 5.95 Å². The molecule has 20 heavy (non-hydrogen) atoms. The molecule has 0 radical (unpaired) electrons. The number of hydrogen-bond donors (Lipinski definition) is 1. The Hall–Kier alpha value is -2.43. The van der Waals surface area contributed by atoms with E-state index in [-0.39, 0.29) is 0 Å². The fourth-order valence-corrected chi connectivity index (χ4v) is 2.47. The summed E-state index contributed by atoms with van der Waals surface area (Å²) in [5.41, 5.74) is 9.39. The van der Waals surface area contributed by atoms with Gasteiger partial charge in [-0.3, -0.25) is 0 Å². The summed E-state index contributed by atoms with van der Waals surface area (Å²) in [7, 11) is 0. The molecular formula is C15H15FN4. The van der Waals surface area contributed by atoms with E-state index in [2.05, 4.69) is 17.0 Å². The summed E-state index contributed by atoms with van der Waals surface area (Å²) in [6, 6.07) is 9.78. The number of anilines is 1. The number of aromatic nitrogens is 3. The zero-order valence-electron chi connectivity index (χ0n) is 11.2. The predicted octanol–water partition coefficient (Wildman–Crippen LogP) is 3.07. The third-order valence-corrected chi connectivity index (χ3v) is 3.26. The Kier molecular flexibility index (Phi) is 3.10. The Morgan fingerprint density at radius 2 is 2.00 bits per heavy atom. The predicted molar refractivity (Wildman–Crippen MR) is 76.8 cm³/mol. The lowest BCUT2D eigenvalue weighted by Crippen LogP contribution is -2.05. The minimum atomic E-state index is -0.542. The molecule has 3 rings (SSSR count). The molecule has 2 heterocycles. The maximum absolute atomic E-state index is 13.4. The number of hydrogen-bond acceptors (Lipinski definition) is 3. The van der Waals surface area contributed by atoms with Crippen LogP contribution in [0.5, 0.6) is 0 Å². The van der Waals surface area contributed by atoms with Crippen LogP contribution in [0.25, 0.3) is 16.8 Å². The Labute approximate surface area is 116 Å². The SMILES string of the molecule is CCCc1c(-c2ccccc2)c(N)nn2cc(F)nc12. The highest BCUT2D eigenvalue weighted by Crippen LogP contribution is 2.31. The molecule has 0 unspecified atom stereocenters. The quantitative estimate of drug-likeness (QED) is 0.795. The molecule has 0 aliphatic rings.